The summed E-state index contributed by atoms with van der Waals surface area (Å²) in [5.41, 5.74) is 4.59. The number of hydrogen-bond acceptors (Lipinski definition) is 5. The van der Waals surface area contributed by atoms with E-state index in [2.05, 4.69) is 21.2 Å². The van der Waals surface area contributed by atoms with Crippen molar-refractivity contribution in [2.75, 3.05) is 18.5 Å². The number of rotatable bonds is 8. The number of nitrogens with zero attached hydrogens (tertiary/aromatic N) is 1. The lowest BCUT2D eigenvalue weighted by Crippen LogP contribution is -2.38. The number of benzene rings is 2. The van der Waals surface area contributed by atoms with Gasteiger partial charge in [0.15, 0.2) is 6.61 Å². The van der Waals surface area contributed by atoms with Crippen molar-refractivity contribution in [1.29, 1.82) is 0 Å². The Kier molecular flexibility index (Phi) is 8.37. The number of anilines is 1. The van der Waals surface area contributed by atoms with Gasteiger partial charge in [-0.2, -0.15) is 5.10 Å². The molecule has 0 saturated carbocycles. The van der Waals surface area contributed by atoms with Crippen molar-refractivity contribution in [3.8, 4) is 5.75 Å². The molecule has 2 aromatic carbocycles. The molecule has 0 aromatic heterocycles. The zero-order valence-corrected chi connectivity index (χ0v) is 16.4. The molecule has 8 nitrogen and oxygen atoms in total. The summed E-state index contributed by atoms with van der Waals surface area (Å²) in [5.74, 6) is -1.38. The molecule has 0 atom stereocenters. The lowest BCUT2D eigenvalue weighted by molar-refractivity contribution is -0.139. The maximum Gasteiger partial charge on any atom is 0.329 e. The summed E-state index contributed by atoms with van der Waals surface area (Å²) in [6.07, 6.45) is 2.11. The highest BCUT2D eigenvalue weighted by atomic mass is 16.5. The van der Waals surface area contributed by atoms with Gasteiger partial charge in [0.05, 0.1) is 6.21 Å². The third kappa shape index (κ3) is 7.84. The minimum atomic E-state index is -0.838. The first kappa shape index (κ1) is 21.6. The summed E-state index contributed by atoms with van der Waals surface area (Å²) in [6, 6.07) is 14.3. The van der Waals surface area contributed by atoms with E-state index in [9.17, 15) is 14.4 Å². The second kappa shape index (κ2) is 11.2. The molecule has 0 aliphatic heterocycles. The van der Waals surface area contributed by atoms with Crippen molar-refractivity contribution in [3.05, 3.63) is 59.7 Å². The smallest absolute Gasteiger partial charge is 0.329 e. The third-order valence-corrected chi connectivity index (χ3v) is 3.68. The molecule has 2 aromatic rings. The number of hydrogen-bond donors (Lipinski definition) is 3. The van der Waals surface area contributed by atoms with Crippen molar-refractivity contribution in [1.82, 2.24) is 10.7 Å². The molecule has 0 radical (unpaired) electrons. The maximum atomic E-state index is 12.0. The zero-order valence-electron chi connectivity index (χ0n) is 16.4. The molecule has 29 heavy (non-hydrogen) atoms. The standard InChI is InChI=1S/C21H24N4O4/c1-3-11-22-20(27)21(28)25-23-13-16-5-4-6-18(12-16)29-14-19(26)24-17-9-7-15(2)8-10-17/h4-10,12-13H,3,11,14H2,1-2H3,(H,22,27)(H,24,26)(H,25,28)/b23-13-. The van der Waals surface area contributed by atoms with Crippen LogP contribution < -0.4 is 20.8 Å². The summed E-state index contributed by atoms with van der Waals surface area (Å²) in [4.78, 5) is 35.0. The molecule has 0 saturated heterocycles. The minimum Gasteiger partial charge on any atom is -0.484 e. The molecule has 2 rings (SSSR count). The quantitative estimate of drug-likeness (QED) is 0.360. The van der Waals surface area contributed by atoms with Crippen LogP contribution in [0.1, 0.15) is 24.5 Å². The Bertz CT molecular complexity index is 879. The fraction of sp³-hybridized carbons (Fsp3) is 0.238. The average Bonchev–Trinajstić information content (AvgIpc) is 2.72. The van der Waals surface area contributed by atoms with Gasteiger partial charge in [-0.05, 0) is 43.2 Å². The maximum absolute atomic E-state index is 12.0. The molecule has 0 unspecified atom stereocenters. The van der Waals surface area contributed by atoms with Gasteiger partial charge >= 0.3 is 11.8 Å². The second-order valence-electron chi connectivity index (χ2n) is 6.23. The van der Waals surface area contributed by atoms with E-state index in [0.29, 0.717) is 23.5 Å². The molecule has 0 bridgehead atoms. The highest BCUT2D eigenvalue weighted by Crippen LogP contribution is 2.13. The van der Waals surface area contributed by atoms with Crippen LogP contribution in [0.15, 0.2) is 53.6 Å². The van der Waals surface area contributed by atoms with Crippen molar-refractivity contribution in [3.63, 3.8) is 0 Å². The van der Waals surface area contributed by atoms with Gasteiger partial charge in [-0.15, -0.1) is 0 Å². The van der Waals surface area contributed by atoms with E-state index in [0.717, 1.165) is 12.0 Å². The number of ether oxygens (including phenoxy) is 1. The number of aryl methyl sites for hydroxylation is 1. The van der Waals surface area contributed by atoms with Gasteiger partial charge in [0, 0.05) is 12.2 Å². The predicted octanol–water partition coefficient (Wildman–Crippen LogP) is 1.99. The first-order valence-electron chi connectivity index (χ1n) is 9.18. The lowest BCUT2D eigenvalue weighted by atomic mass is 10.2. The lowest BCUT2D eigenvalue weighted by Gasteiger charge is -2.08. The Morgan fingerprint density at radius 3 is 2.55 bits per heavy atom. The average molecular weight is 396 g/mol. The number of amides is 3. The SMILES string of the molecule is CCCNC(=O)C(=O)N/N=C\c1cccc(OCC(=O)Nc2ccc(C)cc2)c1. The Morgan fingerprint density at radius 2 is 1.83 bits per heavy atom. The first-order valence-corrected chi connectivity index (χ1v) is 9.18. The van der Waals surface area contributed by atoms with E-state index in [1.54, 1.807) is 24.3 Å². The fourth-order valence-electron chi connectivity index (χ4n) is 2.20. The molecule has 0 fully saturated rings. The molecule has 0 aliphatic rings. The number of carbonyl (C=O) groups is 3. The highest BCUT2D eigenvalue weighted by molar-refractivity contribution is 6.35. The second-order valence-corrected chi connectivity index (χ2v) is 6.23. The number of nitrogens with one attached hydrogen (secondary N) is 3. The van der Waals surface area contributed by atoms with Crippen LogP contribution in [-0.4, -0.2) is 37.1 Å². The monoisotopic (exact) mass is 396 g/mol. The van der Waals surface area contributed by atoms with Crippen molar-refractivity contribution < 1.29 is 19.1 Å². The first-order chi connectivity index (χ1) is 14.0. The third-order valence-electron chi connectivity index (χ3n) is 3.68. The van der Waals surface area contributed by atoms with E-state index in [-0.39, 0.29) is 12.5 Å². The van der Waals surface area contributed by atoms with Gasteiger partial charge < -0.3 is 15.4 Å². The van der Waals surface area contributed by atoms with Gasteiger partial charge in [0.25, 0.3) is 5.91 Å². The summed E-state index contributed by atoms with van der Waals surface area (Å²) in [7, 11) is 0. The summed E-state index contributed by atoms with van der Waals surface area (Å²) in [5, 5.41) is 8.95. The van der Waals surface area contributed by atoms with E-state index in [1.807, 2.05) is 38.1 Å². The molecule has 3 N–H and O–H groups in total. The summed E-state index contributed by atoms with van der Waals surface area (Å²) in [6.45, 7) is 4.13. The molecular formula is C21H24N4O4. The van der Waals surface area contributed by atoms with Gasteiger partial charge in [-0.3, -0.25) is 14.4 Å². The number of hydrazone groups is 1. The van der Waals surface area contributed by atoms with Gasteiger partial charge in [0.2, 0.25) is 0 Å². The van der Waals surface area contributed by atoms with E-state index < -0.39 is 11.8 Å². The molecule has 0 heterocycles. The Morgan fingerprint density at radius 1 is 1.07 bits per heavy atom. The van der Waals surface area contributed by atoms with Gasteiger partial charge in [-0.1, -0.05) is 36.8 Å². The molecule has 152 valence electrons. The highest BCUT2D eigenvalue weighted by Gasteiger charge is 2.10. The topological polar surface area (TPSA) is 109 Å². The normalized spacial score (nSPS) is 10.4. The van der Waals surface area contributed by atoms with Crippen molar-refractivity contribution >= 4 is 29.6 Å². The molecular weight excluding hydrogens is 372 g/mol. The van der Waals surface area contributed by atoms with Crippen LogP contribution in [0.3, 0.4) is 0 Å². The minimum absolute atomic E-state index is 0.150. The molecule has 0 spiro atoms. The molecule has 3 amide bonds. The largest absolute Gasteiger partial charge is 0.484 e. The fourth-order valence-corrected chi connectivity index (χ4v) is 2.20. The number of carbonyl (C=O) groups excluding carboxylic acids is 3. The van der Waals surface area contributed by atoms with Crippen LogP contribution in [0, 0.1) is 6.92 Å². The Labute approximate surface area is 169 Å². The predicted molar refractivity (Wildman–Crippen MR) is 111 cm³/mol. The van der Waals surface area contributed by atoms with Crippen LogP contribution >= 0.6 is 0 Å². The summed E-state index contributed by atoms with van der Waals surface area (Å²) < 4.78 is 5.49. The Hall–Kier alpha value is -3.68. The van der Waals surface area contributed by atoms with Crippen molar-refractivity contribution in [2.45, 2.75) is 20.3 Å². The zero-order chi connectivity index (χ0) is 21.1. The van der Waals surface area contributed by atoms with Crippen LogP contribution in [0.2, 0.25) is 0 Å². The van der Waals surface area contributed by atoms with Crippen LogP contribution in [0.5, 0.6) is 5.75 Å². The van der Waals surface area contributed by atoms with Crippen LogP contribution in [0.4, 0.5) is 5.69 Å². The van der Waals surface area contributed by atoms with Crippen LogP contribution in [-0.2, 0) is 14.4 Å². The van der Waals surface area contributed by atoms with E-state index in [1.165, 1.54) is 6.21 Å². The summed E-state index contributed by atoms with van der Waals surface area (Å²) >= 11 is 0. The Balaban J connectivity index is 1.82. The molecule has 0 aliphatic carbocycles. The van der Waals surface area contributed by atoms with E-state index in [4.69, 9.17) is 4.74 Å². The van der Waals surface area contributed by atoms with Crippen LogP contribution in [0.25, 0.3) is 0 Å². The van der Waals surface area contributed by atoms with Gasteiger partial charge in [-0.25, -0.2) is 5.43 Å². The van der Waals surface area contributed by atoms with Gasteiger partial charge in [0.1, 0.15) is 5.75 Å². The molecule has 8 heteroatoms. The van der Waals surface area contributed by atoms with E-state index >= 15 is 0 Å². The van der Waals surface area contributed by atoms with Crippen molar-refractivity contribution in [2.24, 2.45) is 5.10 Å².